The maximum atomic E-state index is 12.6. The molecule has 6 heteroatoms. The van der Waals surface area contributed by atoms with Gasteiger partial charge in [-0.15, -0.1) is 11.3 Å². The minimum Gasteiger partial charge on any atom is -0.337 e. The van der Waals surface area contributed by atoms with Gasteiger partial charge in [0.05, 0.1) is 21.6 Å². The number of imidazole rings is 1. The molecule has 2 heterocycles. The molecule has 4 rings (SSSR count). The third-order valence-corrected chi connectivity index (χ3v) is 5.22. The summed E-state index contributed by atoms with van der Waals surface area (Å²) in [5.74, 6) is 0.475. The van der Waals surface area contributed by atoms with Crippen LogP contribution in [-0.4, -0.2) is 15.9 Å². The standard InChI is InChI=1S/C20H14BrN3OS/c21-14-9-7-13(8-10-14)12-17(24-20(25)18-6-3-11-26-18)19-22-15-4-1-2-5-16(15)23-19/h1-12H,(H,22,23)(H,24,25). The fourth-order valence-corrected chi connectivity index (χ4v) is 3.44. The quantitative estimate of drug-likeness (QED) is 0.466. The van der Waals surface area contributed by atoms with Crippen LogP contribution >= 0.6 is 27.3 Å². The number of aromatic amines is 1. The predicted molar refractivity (Wildman–Crippen MR) is 110 cm³/mol. The molecule has 0 aliphatic carbocycles. The summed E-state index contributed by atoms with van der Waals surface area (Å²) < 4.78 is 1.00. The van der Waals surface area contributed by atoms with E-state index in [1.165, 1.54) is 11.3 Å². The van der Waals surface area contributed by atoms with Crippen LogP contribution in [-0.2, 0) is 0 Å². The Hall–Kier alpha value is -2.70. The maximum absolute atomic E-state index is 12.6. The van der Waals surface area contributed by atoms with Gasteiger partial charge in [0.25, 0.3) is 5.91 Å². The molecule has 0 atom stereocenters. The van der Waals surface area contributed by atoms with Crippen LogP contribution in [0.15, 0.2) is 70.5 Å². The Morgan fingerprint density at radius 2 is 1.88 bits per heavy atom. The van der Waals surface area contributed by atoms with Crippen molar-refractivity contribution in [3.05, 3.63) is 86.8 Å². The Kier molecular flexibility index (Phi) is 4.69. The molecule has 0 spiro atoms. The van der Waals surface area contributed by atoms with E-state index < -0.39 is 0 Å². The van der Waals surface area contributed by atoms with Gasteiger partial charge in [0.15, 0.2) is 5.82 Å². The van der Waals surface area contributed by atoms with Gasteiger partial charge in [0.1, 0.15) is 0 Å². The zero-order valence-corrected chi connectivity index (χ0v) is 16.0. The fraction of sp³-hybridized carbons (Fsp3) is 0. The number of hydrogen-bond acceptors (Lipinski definition) is 3. The Balaban J connectivity index is 1.75. The number of benzene rings is 2. The number of para-hydroxylation sites is 2. The lowest BCUT2D eigenvalue weighted by Crippen LogP contribution is -2.21. The molecule has 4 aromatic rings. The van der Waals surface area contributed by atoms with Crippen LogP contribution in [0.25, 0.3) is 22.8 Å². The van der Waals surface area contributed by atoms with E-state index in [-0.39, 0.29) is 5.91 Å². The summed E-state index contributed by atoms with van der Waals surface area (Å²) in [5, 5.41) is 4.87. The highest BCUT2D eigenvalue weighted by Gasteiger charge is 2.13. The third-order valence-electron chi connectivity index (χ3n) is 3.82. The summed E-state index contributed by atoms with van der Waals surface area (Å²) in [6.45, 7) is 0. The van der Waals surface area contributed by atoms with Gasteiger partial charge in [-0.05, 0) is 47.4 Å². The van der Waals surface area contributed by atoms with E-state index >= 15 is 0 Å². The van der Waals surface area contributed by atoms with Gasteiger partial charge >= 0.3 is 0 Å². The number of hydrogen-bond donors (Lipinski definition) is 2. The number of carbonyl (C=O) groups is 1. The molecule has 26 heavy (non-hydrogen) atoms. The third kappa shape index (κ3) is 3.61. The smallest absolute Gasteiger partial charge is 0.265 e. The average molecular weight is 424 g/mol. The first-order valence-electron chi connectivity index (χ1n) is 7.96. The van der Waals surface area contributed by atoms with E-state index in [0.29, 0.717) is 16.4 Å². The summed E-state index contributed by atoms with van der Waals surface area (Å²) in [5.41, 5.74) is 3.38. The molecule has 128 valence electrons. The van der Waals surface area contributed by atoms with E-state index in [1.54, 1.807) is 6.07 Å². The second kappa shape index (κ2) is 7.27. The molecule has 2 N–H and O–H groups in total. The SMILES string of the molecule is O=C(NC(=Cc1ccc(Br)cc1)c1nc2ccccc2[nH]1)c1cccs1. The molecule has 0 fully saturated rings. The predicted octanol–water partition coefficient (Wildman–Crippen LogP) is 5.32. The molecule has 0 saturated carbocycles. The topological polar surface area (TPSA) is 57.8 Å². The minimum absolute atomic E-state index is 0.149. The number of carbonyl (C=O) groups excluding carboxylic acids is 1. The summed E-state index contributed by atoms with van der Waals surface area (Å²) in [7, 11) is 0. The molecule has 0 radical (unpaired) electrons. The molecule has 2 aromatic heterocycles. The number of fused-ring (bicyclic) bond motifs is 1. The number of rotatable bonds is 4. The Morgan fingerprint density at radius 1 is 1.08 bits per heavy atom. The van der Waals surface area contributed by atoms with Crippen LogP contribution in [0.4, 0.5) is 0 Å². The van der Waals surface area contributed by atoms with Crippen molar-refractivity contribution < 1.29 is 4.79 Å². The highest BCUT2D eigenvalue weighted by molar-refractivity contribution is 9.10. The lowest BCUT2D eigenvalue weighted by atomic mass is 10.2. The largest absolute Gasteiger partial charge is 0.337 e. The van der Waals surface area contributed by atoms with Crippen molar-refractivity contribution in [1.82, 2.24) is 15.3 Å². The molecule has 2 aromatic carbocycles. The van der Waals surface area contributed by atoms with Crippen molar-refractivity contribution in [1.29, 1.82) is 0 Å². The van der Waals surface area contributed by atoms with Crippen LogP contribution in [0.3, 0.4) is 0 Å². The summed E-state index contributed by atoms with van der Waals surface area (Å²) in [6.07, 6.45) is 1.91. The monoisotopic (exact) mass is 423 g/mol. The van der Waals surface area contributed by atoms with Gasteiger partial charge in [-0.25, -0.2) is 4.98 Å². The molecule has 0 aliphatic rings. The van der Waals surface area contributed by atoms with E-state index in [4.69, 9.17) is 0 Å². The first-order chi connectivity index (χ1) is 12.7. The van der Waals surface area contributed by atoms with Crippen LogP contribution < -0.4 is 5.32 Å². The summed E-state index contributed by atoms with van der Waals surface area (Å²) in [6, 6.07) is 19.3. The van der Waals surface area contributed by atoms with Crippen LogP contribution in [0.5, 0.6) is 0 Å². The van der Waals surface area contributed by atoms with Gasteiger partial charge in [-0.3, -0.25) is 4.79 Å². The summed E-state index contributed by atoms with van der Waals surface area (Å²) >= 11 is 4.84. The molecule has 0 bridgehead atoms. The number of halogens is 1. The summed E-state index contributed by atoms with van der Waals surface area (Å²) in [4.78, 5) is 21.1. The van der Waals surface area contributed by atoms with Crippen molar-refractivity contribution in [2.75, 3.05) is 0 Å². The maximum Gasteiger partial charge on any atom is 0.265 e. The van der Waals surface area contributed by atoms with E-state index in [0.717, 1.165) is 21.1 Å². The van der Waals surface area contributed by atoms with Crippen molar-refractivity contribution >= 4 is 56.0 Å². The fourth-order valence-electron chi connectivity index (χ4n) is 2.56. The number of amides is 1. The van der Waals surface area contributed by atoms with E-state index in [1.807, 2.05) is 66.1 Å². The lowest BCUT2D eigenvalue weighted by molar-refractivity contribution is 0.0977. The molecule has 4 nitrogen and oxygen atoms in total. The average Bonchev–Trinajstić information content (AvgIpc) is 3.32. The highest BCUT2D eigenvalue weighted by Crippen LogP contribution is 2.20. The zero-order chi connectivity index (χ0) is 17.9. The van der Waals surface area contributed by atoms with E-state index in [9.17, 15) is 4.79 Å². The Morgan fingerprint density at radius 3 is 2.62 bits per heavy atom. The van der Waals surface area contributed by atoms with Crippen LogP contribution in [0.1, 0.15) is 21.1 Å². The molecule has 0 unspecified atom stereocenters. The molecule has 0 aliphatic heterocycles. The molecule has 0 saturated heterocycles. The number of nitrogens with one attached hydrogen (secondary N) is 2. The highest BCUT2D eigenvalue weighted by atomic mass is 79.9. The van der Waals surface area contributed by atoms with Gasteiger partial charge in [-0.2, -0.15) is 0 Å². The Labute approximate surface area is 162 Å². The first kappa shape index (κ1) is 16.8. The second-order valence-corrected chi connectivity index (χ2v) is 7.51. The van der Waals surface area contributed by atoms with Gasteiger partial charge in [0.2, 0.25) is 0 Å². The molecular formula is C20H14BrN3OS. The number of nitrogens with zero attached hydrogens (tertiary/aromatic N) is 1. The first-order valence-corrected chi connectivity index (χ1v) is 9.63. The second-order valence-electron chi connectivity index (χ2n) is 5.64. The van der Waals surface area contributed by atoms with Crippen molar-refractivity contribution in [3.8, 4) is 0 Å². The molecule has 1 amide bonds. The minimum atomic E-state index is -0.149. The van der Waals surface area contributed by atoms with Crippen LogP contribution in [0, 0.1) is 0 Å². The number of thiophene rings is 1. The van der Waals surface area contributed by atoms with Gasteiger partial charge < -0.3 is 10.3 Å². The normalized spacial score (nSPS) is 11.7. The van der Waals surface area contributed by atoms with E-state index in [2.05, 4.69) is 31.2 Å². The zero-order valence-electron chi connectivity index (χ0n) is 13.6. The Bertz CT molecular complexity index is 1050. The van der Waals surface area contributed by atoms with Crippen LogP contribution in [0.2, 0.25) is 0 Å². The van der Waals surface area contributed by atoms with Gasteiger partial charge in [-0.1, -0.05) is 46.3 Å². The van der Waals surface area contributed by atoms with Gasteiger partial charge in [0, 0.05) is 4.47 Å². The van der Waals surface area contributed by atoms with Crippen molar-refractivity contribution in [3.63, 3.8) is 0 Å². The van der Waals surface area contributed by atoms with Crippen molar-refractivity contribution in [2.24, 2.45) is 0 Å². The molecular weight excluding hydrogens is 410 g/mol. The number of aromatic nitrogens is 2. The number of H-pyrrole nitrogens is 1. The van der Waals surface area contributed by atoms with Crippen molar-refractivity contribution in [2.45, 2.75) is 0 Å². The lowest BCUT2D eigenvalue weighted by Gasteiger charge is -2.07.